The Labute approximate surface area is 98.2 Å². The molecule has 1 aromatic rings. The molecular formula is C13H22N2O. The van der Waals surface area contributed by atoms with Crippen molar-refractivity contribution in [3.8, 4) is 5.75 Å². The lowest BCUT2D eigenvalue weighted by molar-refractivity contribution is 0.286. The Morgan fingerprint density at radius 3 is 2.50 bits per heavy atom. The van der Waals surface area contributed by atoms with Gasteiger partial charge in [0.1, 0.15) is 5.75 Å². The van der Waals surface area contributed by atoms with Crippen LogP contribution in [0.15, 0.2) is 18.2 Å². The van der Waals surface area contributed by atoms with Gasteiger partial charge in [-0.15, -0.1) is 0 Å². The predicted octanol–water partition coefficient (Wildman–Crippen LogP) is 1.96. The number of nitrogens with two attached hydrogens (primary N) is 1. The molecule has 0 aliphatic rings. The number of aryl methyl sites for hydroxylation is 1. The van der Waals surface area contributed by atoms with Crippen molar-refractivity contribution in [1.82, 2.24) is 4.90 Å². The largest absolute Gasteiger partial charge is 0.496 e. The third-order valence-electron chi connectivity index (χ3n) is 2.87. The minimum Gasteiger partial charge on any atom is -0.496 e. The number of hydrogen-bond donors (Lipinski definition) is 1. The van der Waals surface area contributed by atoms with Gasteiger partial charge in [-0.1, -0.05) is 12.1 Å². The summed E-state index contributed by atoms with van der Waals surface area (Å²) in [4.78, 5) is 2.20. The van der Waals surface area contributed by atoms with Gasteiger partial charge in [0, 0.05) is 6.04 Å². The van der Waals surface area contributed by atoms with Gasteiger partial charge in [0.2, 0.25) is 0 Å². The topological polar surface area (TPSA) is 38.5 Å². The lowest BCUT2D eigenvalue weighted by atomic mass is 10.0. The number of ether oxygens (including phenoxy) is 1. The molecule has 0 spiro atoms. The van der Waals surface area contributed by atoms with Crippen molar-refractivity contribution in [1.29, 1.82) is 0 Å². The summed E-state index contributed by atoms with van der Waals surface area (Å²) < 4.78 is 5.26. The lowest BCUT2D eigenvalue weighted by Gasteiger charge is -2.25. The van der Waals surface area contributed by atoms with Crippen molar-refractivity contribution in [2.45, 2.75) is 19.4 Å². The monoisotopic (exact) mass is 222 g/mol. The van der Waals surface area contributed by atoms with Crippen molar-refractivity contribution in [2.24, 2.45) is 5.73 Å². The second-order valence-electron chi connectivity index (χ2n) is 4.29. The summed E-state index contributed by atoms with van der Waals surface area (Å²) in [5.74, 6) is 0.939. The van der Waals surface area contributed by atoms with Crippen LogP contribution in [0.3, 0.4) is 0 Å². The van der Waals surface area contributed by atoms with Crippen LogP contribution < -0.4 is 10.5 Å². The van der Waals surface area contributed by atoms with E-state index in [1.165, 1.54) is 11.1 Å². The Morgan fingerprint density at radius 2 is 2.06 bits per heavy atom. The van der Waals surface area contributed by atoms with Crippen LogP contribution in [0.4, 0.5) is 0 Å². The SMILES string of the molecule is COc1ccc(C(CCN)N(C)C)cc1C. The van der Waals surface area contributed by atoms with Gasteiger partial charge in [-0.3, -0.25) is 0 Å². The highest BCUT2D eigenvalue weighted by Gasteiger charge is 2.13. The Kier molecular flexibility index (Phi) is 4.77. The van der Waals surface area contributed by atoms with Gasteiger partial charge in [0.15, 0.2) is 0 Å². The zero-order valence-electron chi connectivity index (χ0n) is 10.7. The van der Waals surface area contributed by atoms with Crippen LogP contribution in [-0.2, 0) is 0 Å². The molecule has 1 rings (SSSR count). The highest BCUT2D eigenvalue weighted by atomic mass is 16.5. The molecule has 90 valence electrons. The summed E-state index contributed by atoms with van der Waals surface area (Å²) >= 11 is 0. The van der Waals surface area contributed by atoms with Gasteiger partial charge in [-0.25, -0.2) is 0 Å². The molecule has 1 aromatic carbocycles. The molecule has 0 aromatic heterocycles. The Hall–Kier alpha value is -1.06. The number of benzene rings is 1. The molecule has 0 aliphatic carbocycles. The van der Waals surface area contributed by atoms with Gasteiger partial charge in [0.25, 0.3) is 0 Å². The zero-order valence-corrected chi connectivity index (χ0v) is 10.7. The van der Waals surface area contributed by atoms with E-state index in [2.05, 4.69) is 38.1 Å². The van der Waals surface area contributed by atoms with Crippen LogP contribution in [0.2, 0.25) is 0 Å². The maximum absolute atomic E-state index is 5.65. The van der Waals surface area contributed by atoms with E-state index in [-0.39, 0.29) is 0 Å². The molecule has 0 fully saturated rings. The van der Waals surface area contributed by atoms with Crippen molar-refractivity contribution < 1.29 is 4.74 Å². The molecule has 2 N–H and O–H groups in total. The maximum Gasteiger partial charge on any atom is 0.121 e. The molecule has 0 amide bonds. The van der Waals surface area contributed by atoms with E-state index in [1.54, 1.807) is 7.11 Å². The van der Waals surface area contributed by atoms with Gasteiger partial charge in [-0.2, -0.15) is 0 Å². The van der Waals surface area contributed by atoms with E-state index in [9.17, 15) is 0 Å². The molecule has 3 nitrogen and oxygen atoms in total. The second kappa shape index (κ2) is 5.87. The quantitative estimate of drug-likeness (QED) is 0.827. The van der Waals surface area contributed by atoms with E-state index in [4.69, 9.17) is 10.5 Å². The molecule has 0 radical (unpaired) electrons. The third kappa shape index (κ3) is 2.97. The predicted molar refractivity (Wildman–Crippen MR) is 67.8 cm³/mol. The first kappa shape index (κ1) is 13.0. The summed E-state index contributed by atoms with van der Waals surface area (Å²) in [5, 5.41) is 0. The average molecular weight is 222 g/mol. The summed E-state index contributed by atoms with van der Waals surface area (Å²) in [7, 11) is 5.87. The first-order valence-corrected chi connectivity index (χ1v) is 5.61. The molecule has 0 heterocycles. The van der Waals surface area contributed by atoms with Crippen molar-refractivity contribution in [3.63, 3.8) is 0 Å². The lowest BCUT2D eigenvalue weighted by Crippen LogP contribution is -2.22. The molecule has 0 aliphatic heterocycles. The summed E-state index contributed by atoms with van der Waals surface area (Å²) in [6.07, 6.45) is 0.971. The summed E-state index contributed by atoms with van der Waals surface area (Å²) in [6.45, 7) is 2.77. The highest BCUT2D eigenvalue weighted by molar-refractivity contribution is 5.37. The first-order valence-electron chi connectivity index (χ1n) is 5.61. The Balaban J connectivity index is 2.97. The number of nitrogens with zero attached hydrogens (tertiary/aromatic N) is 1. The Morgan fingerprint density at radius 1 is 1.38 bits per heavy atom. The highest BCUT2D eigenvalue weighted by Crippen LogP contribution is 2.26. The Bertz CT molecular complexity index is 337. The van der Waals surface area contributed by atoms with Gasteiger partial charge >= 0.3 is 0 Å². The third-order valence-corrected chi connectivity index (χ3v) is 2.87. The smallest absolute Gasteiger partial charge is 0.121 e. The molecule has 0 bridgehead atoms. The van der Waals surface area contributed by atoms with Crippen LogP contribution in [0, 0.1) is 6.92 Å². The normalized spacial score (nSPS) is 12.9. The minimum absolute atomic E-state index is 0.384. The zero-order chi connectivity index (χ0) is 12.1. The number of hydrogen-bond acceptors (Lipinski definition) is 3. The van der Waals surface area contributed by atoms with Crippen molar-refractivity contribution in [2.75, 3.05) is 27.7 Å². The molecular weight excluding hydrogens is 200 g/mol. The van der Waals surface area contributed by atoms with Gasteiger partial charge < -0.3 is 15.4 Å². The molecule has 0 saturated carbocycles. The van der Waals surface area contributed by atoms with E-state index >= 15 is 0 Å². The van der Waals surface area contributed by atoms with Crippen LogP contribution in [0.5, 0.6) is 5.75 Å². The van der Waals surface area contributed by atoms with E-state index in [1.807, 2.05) is 6.07 Å². The fraction of sp³-hybridized carbons (Fsp3) is 0.538. The van der Waals surface area contributed by atoms with E-state index < -0.39 is 0 Å². The fourth-order valence-corrected chi connectivity index (χ4v) is 1.99. The molecule has 1 atom stereocenters. The molecule has 1 unspecified atom stereocenters. The van der Waals surface area contributed by atoms with E-state index in [0.717, 1.165) is 12.2 Å². The second-order valence-corrected chi connectivity index (χ2v) is 4.29. The molecule has 16 heavy (non-hydrogen) atoms. The summed E-state index contributed by atoms with van der Waals surface area (Å²) in [5.41, 5.74) is 8.12. The number of methoxy groups -OCH3 is 1. The van der Waals surface area contributed by atoms with Gasteiger partial charge in [0.05, 0.1) is 7.11 Å². The number of rotatable bonds is 5. The summed E-state index contributed by atoms with van der Waals surface area (Å²) in [6, 6.07) is 6.71. The fourth-order valence-electron chi connectivity index (χ4n) is 1.99. The van der Waals surface area contributed by atoms with Crippen molar-refractivity contribution >= 4 is 0 Å². The molecule has 0 saturated heterocycles. The van der Waals surface area contributed by atoms with Crippen LogP contribution >= 0.6 is 0 Å². The van der Waals surface area contributed by atoms with Crippen molar-refractivity contribution in [3.05, 3.63) is 29.3 Å². The van der Waals surface area contributed by atoms with Gasteiger partial charge in [-0.05, 0) is 51.2 Å². The van der Waals surface area contributed by atoms with Crippen LogP contribution in [-0.4, -0.2) is 32.6 Å². The van der Waals surface area contributed by atoms with Crippen LogP contribution in [0.1, 0.15) is 23.6 Å². The average Bonchev–Trinajstić information content (AvgIpc) is 2.25. The van der Waals surface area contributed by atoms with E-state index in [0.29, 0.717) is 12.6 Å². The first-order chi connectivity index (χ1) is 7.60. The minimum atomic E-state index is 0.384. The maximum atomic E-state index is 5.65. The van der Waals surface area contributed by atoms with Crippen LogP contribution in [0.25, 0.3) is 0 Å². The molecule has 3 heteroatoms. The standard InChI is InChI=1S/C13H22N2O/c1-10-9-11(5-6-13(10)16-4)12(7-8-14)15(2)3/h5-6,9,12H,7-8,14H2,1-4H3.